The average Bonchev–Trinajstić information content (AvgIpc) is 3.10. The number of aliphatic imine (C=N–C) groups is 3. The van der Waals surface area contributed by atoms with Gasteiger partial charge in [-0.3, -0.25) is 10.0 Å². The molecule has 1 aromatic rings. The lowest BCUT2D eigenvalue weighted by Crippen LogP contribution is -2.44. The highest BCUT2D eigenvalue weighted by Gasteiger charge is 2.42. The highest BCUT2D eigenvalue weighted by molar-refractivity contribution is 6.02. The van der Waals surface area contributed by atoms with Crippen molar-refractivity contribution in [2.75, 3.05) is 20.6 Å². The fourth-order valence-electron chi connectivity index (χ4n) is 4.20. The maximum atomic E-state index is 4.95. The van der Waals surface area contributed by atoms with Crippen molar-refractivity contribution >= 4 is 23.3 Å². The molecule has 0 N–H and O–H groups in total. The first-order valence-electron chi connectivity index (χ1n) is 10.9. The molecule has 0 aliphatic carbocycles. The molecule has 0 aromatic heterocycles. The van der Waals surface area contributed by atoms with Crippen molar-refractivity contribution in [3.63, 3.8) is 0 Å². The van der Waals surface area contributed by atoms with Gasteiger partial charge in [0.25, 0.3) is 0 Å². The molecule has 0 saturated carbocycles. The van der Waals surface area contributed by atoms with Gasteiger partial charge < -0.3 is 0 Å². The summed E-state index contributed by atoms with van der Waals surface area (Å²) in [6.07, 6.45) is 7.07. The first kappa shape index (κ1) is 22.2. The summed E-state index contributed by atoms with van der Waals surface area (Å²) in [6.45, 7) is 11.7. The zero-order valence-electron chi connectivity index (χ0n) is 19.5. The number of fused-ring (bicyclic) bond motifs is 1. The molecule has 3 rings (SSSR count). The molecule has 2 aliphatic rings. The second kappa shape index (κ2) is 9.09. The van der Waals surface area contributed by atoms with Gasteiger partial charge in [-0.2, -0.15) is 0 Å². The van der Waals surface area contributed by atoms with Gasteiger partial charge in [0, 0.05) is 43.6 Å². The predicted octanol–water partition coefficient (Wildman–Crippen LogP) is 5.50. The maximum Gasteiger partial charge on any atom is 0.152 e. The molecular formula is C25H35N5. The number of likely N-dealkylation sites (N-methyl/N-ethyl adjacent to an activating group) is 1. The number of nitrogens with zero attached hydrogens (tertiary/aromatic N) is 5. The Kier molecular flexibility index (Phi) is 6.71. The highest BCUT2D eigenvalue weighted by Crippen LogP contribution is 2.44. The van der Waals surface area contributed by atoms with Gasteiger partial charge in [-0.25, -0.2) is 15.0 Å². The van der Waals surface area contributed by atoms with E-state index in [1.807, 2.05) is 13.1 Å². The lowest BCUT2D eigenvalue weighted by atomic mass is 9.76. The molecule has 2 heterocycles. The predicted molar refractivity (Wildman–Crippen MR) is 129 cm³/mol. The van der Waals surface area contributed by atoms with E-state index in [2.05, 4.69) is 80.1 Å². The molecule has 0 fully saturated rings. The summed E-state index contributed by atoms with van der Waals surface area (Å²) in [6, 6.07) is 8.74. The summed E-state index contributed by atoms with van der Waals surface area (Å²) in [5.41, 5.74) is 5.99. The van der Waals surface area contributed by atoms with Crippen molar-refractivity contribution in [2.45, 2.75) is 53.9 Å². The van der Waals surface area contributed by atoms with Crippen LogP contribution >= 0.6 is 0 Å². The number of aryl methyl sites for hydroxylation is 1. The third kappa shape index (κ3) is 4.04. The van der Waals surface area contributed by atoms with Crippen molar-refractivity contribution in [1.82, 2.24) is 10.0 Å². The molecule has 1 atom stereocenters. The molecular weight excluding hydrogens is 370 g/mol. The smallest absolute Gasteiger partial charge is 0.152 e. The number of hydrogen-bond acceptors (Lipinski definition) is 4. The van der Waals surface area contributed by atoms with Gasteiger partial charge in [0.15, 0.2) is 5.82 Å². The van der Waals surface area contributed by atoms with E-state index in [0.717, 1.165) is 37.5 Å². The lowest BCUT2D eigenvalue weighted by Gasteiger charge is -2.42. The molecule has 5 heteroatoms. The Morgan fingerprint density at radius 1 is 1.20 bits per heavy atom. The van der Waals surface area contributed by atoms with Crippen LogP contribution in [0.15, 0.2) is 56.8 Å². The Labute approximate surface area is 181 Å². The summed E-state index contributed by atoms with van der Waals surface area (Å²) < 4.78 is 0. The number of hydrazine groups is 1. The molecule has 1 aromatic carbocycles. The van der Waals surface area contributed by atoms with Gasteiger partial charge >= 0.3 is 0 Å². The zero-order chi connectivity index (χ0) is 21.9. The Morgan fingerprint density at radius 2 is 1.90 bits per heavy atom. The Bertz CT molecular complexity index is 933. The van der Waals surface area contributed by atoms with Gasteiger partial charge in [0.05, 0.1) is 5.70 Å². The summed E-state index contributed by atoms with van der Waals surface area (Å²) in [5, 5.41) is 4.56. The highest BCUT2D eigenvalue weighted by atomic mass is 15.7. The molecule has 0 amide bonds. The molecule has 0 saturated heterocycles. The van der Waals surface area contributed by atoms with Crippen LogP contribution in [-0.4, -0.2) is 48.4 Å². The van der Waals surface area contributed by atoms with Crippen LogP contribution in [0, 0.1) is 12.3 Å². The second-order valence-corrected chi connectivity index (χ2v) is 8.39. The quantitative estimate of drug-likeness (QED) is 0.463. The van der Waals surface area contributed by atoms with E-state index >= 15 is 0 Å². The van der Waals surface area contributed by atoms with Crippen LogP contribution in [0.25, 0.3) is 5.57 Å². The Balaban J connectivity index is 2.09. The van der Waals surface area contributed by atoms with Gasteiger partial charge in [0.2, 0.25) is 0 Å². The van der Waals surface area contributed by atoms with Crippen LogP contribution in [-0.2, 0) is 0 Å². The van der Waals surface area contributed by atoms with Crippen LogP contribution in [0.3, 0.4) is 0 Å². The molecule has 0 bridgehead atoms. The number of allylic oxidation sites excluding steroid dienone is 2. The van der Waals surface area contributed by atoms with Crippen LogP contribution in [0.4, 0.5) is 0 Å². The van der Waals surface area contributed by atoms with Crippen molar-refractivity contribution in [3.05, 3.63) is 53.0 Å². The van der Waals surface area contributed by atoms with Crippen LogP contribution in [0.5, 0.6) is 0 Å². The number of rotatable bonds is 6. The number of benzene rings is 1. The first-order chi connectivity index (χ1) is 14.3. The van der Waals surface area contributed by atoms with E-state index in [0.29, 0.717) is 0 Å². The molecule has 2 aliphatic heterocycles. The summed E-state index contributed by atoms with van der Waals surface area (Å²) in [7, 11) is 3.95. The van der Waals surface area contributed by atoms with Gasteiger partial charge in [-0.15, -0.1) is 0 Å². The number of hydrogen-bond donors (Lipinski definition) is 0. The molecule has 160 valence electrons. The minimum Gasteiger partial charge on any atom is -0.274 e. The van der Waals surface area contributed by atoms with E-state index in [-0.39, 0.29) is 5.41 Å². The lowest BCUT2D eigenvalue weighted by molar-refractivity contribution is 0.0871. The molecule has 30 heavy (non-hydrogen) atoms. The van der Waals surface area contributed by atoms with Gasteiger partial charge in [0.1, 0.15) is 5.84 Å². The van der Waals surface area contributed by atoms with E-state index in [1.54, 1.807) is 7.05 Å². The minimum atomic E-state index is -0.198. The molecule has 1 unspecified atom stereocenters. The van der Waals surface area contributed by atoms with Crippen molar-refractivity contribution in [2.24, 2.45) is 20.4 Å². The average molecular weight is 406 g/mol. The standard InChI is InChI=1S/C25H35N5/c1-8-10-22(28-19(4)26-6)25(5,9-2)23-15-16-27-24-21(17-29(7)30(23)24)20-13-11-18(3)12-14-20/h11-16H,8-10,17H2,1-7H3. The molecule has 0 radical (unpaired) electrons. The monoisotopic (exact) mass is 405 g/mol. The number of amidine groups is 1. The fraction of sp³-hybridized carbons (Fsp3) is 0.480. The second-order valence-electron chi connectivity index (χ2n) is 8.39. The minimum absolute atomic E-state index is 0.198. The zero-order valence-corrected chi connectivity index (χ0v) is 19.5. The van der Waals surface area contributed by atoms with Crippen LogP contribution < -0.4 is 0 Å². The summed E-state index contributed by atoms with van der Waals surface area (Å²) >= 11 is 0. The Hall–Kier alpha value is -2.53. The first-order valence-corrected chi connectivity index (χ1v) is 10.9. The van der Waals surface area contributed by atoms with Crippen molar-refractivity contribution < 1.29 is 0 Å². The van der Waals surface area contributed by atoms with E-state index in [4.69, 9.17) is 9.98 Å². The van der Waals surface area contributed by atoms with Gasteiger partial charge in [-0.05, 0) is 45.3 Å². The van der Waals surface area contributed by atoms with Crippen molar-refractivity contribution in [3.8, 4) is 0 Å². The van der Waals surface area contributed by atoms with Crippen molar-refractivity contribution in [1.29, 1.82) is 0 Å². The Morgan fingerprint density at radius 3 is 2.50 bits per heavy atom. The van der Waals surface area contributed by atoms with Crippen LogP contribution in [0.1, 0.15) is 58.1 Å². The van der Waals surface area contributed by atoms with E-state index < -0.39 is 0 Å². The largest absolute Gasteiger partial charge is 0.274 e. The SMILES string of the molecule is CCCC(=NC(C)=NC)C(C)(CC)C1=CC=NC2=C(c3ccc(C)cc3)CN(C)N12. The fourth-order valence-corrected chi connectivity index (χ4v) is 4.20. The summed E-state index contributed by atoms with van der Waals surface area (Å²) in [5.74, 6) is 1.85. The third-order valence-corrected chi connectivity index (χ3v) is 6.27. The maximum absolute atomic E-state index is 4.95. The summed E-state index contributed by atoms with van der Waals surface area (Å²) in [4.78, 5) is 14.0. The van der Waals surface area contributed by atoms with Crippen LogP contribution in [0.2, 0.25) is 0 Å². The van der Waals surface area contributed by atoms with Gasteiger partial charge in [-0.1, -0.05) is 50.1 Å². The van der Waals surface area contributed by atoms with E-state index in [1.165, 1.54) is 28.1 Å². The van der Waals surface area contributed by atoms with E-state index in [9.17, 15) is 0 Å². The topological polar surface area (TPSA) is 43.6 Å². The third-order valence-electron chi connectivity index (χ3n) is 6.27. The molecule has 5 nitrogen and oxygen atoms in total. The normalized spacial score (nSPS) is 19.8. The molecule has 0 spiro atoms.